The van der Waals surface area contributed by atoms with E-state index in [2.05, 4.69) is 0 Å². The van der Waals surface area contributed by atoms with Crippen LogP contribution in [0.25, 0.3) is 5.57 Å². The van der Waals surface area contributed by atoms with Gasteiger partial charge in [0.15, 0.2) is 0 Å². The Balaban J connectivity index is 1.99. The van der Waals surface area contributed by atoms with Crippen molar-refractivity contribution in [3.05, 3.63) is 77.4 Å². The molecule has 1 heterocycles. The van der Waals surface area contributed by atoms with Crippen molar-refractivity contribution < 1.29 is 13.6 Å². The second-order valence-electron chi connectivity index (χ2n) is 5.27. The van der Waals surface area contributed by atoms with E-state index in [0.29, 0.717) is 12.1 Å². The fourth-order valence-corrected chi connectivity index (χ4v) is 2.82. The Morgan fingerprint density at radius 1 is 1.14 bits per heavy atom. The van der Waals surface area contributed by atoms with E-state index in [1.807, 2.05) is 41.3 Å². The van der Waals surface area contributed by atoms with Crippen molar-refractivity contribution in [1.82, 2.24) is 4.90 Å². The Labute approximate surface area is 127 Å². The Bertz CT molecular complexity index is 712. The molecule has 1 aliphatic rings. The third-order valence-corrected chi connectivity index (χ3v) is 3.85. The Morgan fingerprint density at radius 2 is 1.91 bits per heavy atom. The monoisotopic (exact) mass is 299 g/mol. The van der Waals surface area contributed by atoms with Crippen molar-refractivity contribution in [2.45, 2.75) is 6.04 Å². The zero-order valence-corrected chi connectivity index (χ0v) is 11.9. The van der Waals surface area contributed by atoms with Gasteiger partial charge in [-0.25, -0.2) is 8.78 Å². The fourth-order valence-electron chi connectivity index (χ4n) is 2.82. The number of carbonyl (C=O) groups excluding carboxylic acids is 1. The number of halogens is 2. The van der Waals surface area contributed by atoms with E-state index in [1.165, 1.54) is 6.07 Å². The van der Waals surface area contributed by atoms with Gasteiger partial charge in [0.1, 0.15) is 17.9 Å². The average molecular weight is 299 g/mol. The number of hydrogen-bond donors (Lipinski definition) is 0. The first-order valence-electron chi connectivity index (χ1n) is 7.08. The van der Waals surface area contributed by atoms with Crippen LogP contribution in [0.2, 0.25) is 0 Å². The van der Waals surface area contributed by atoms with Crippen LogP contribution in [0.3, 0.4) is 0 Å². The van der Waals surface area contributed by atoms with Crippen LogP contribution in [0, 0.1) is 11.6 Å². The molecule has 2 nitrogen and oxygen atoms in total. The Kier molecular flexibility index (Phi) is 4.11. The molecule has 0 N–H and O–H groups in total. The number of hydrogen-bond acceptors (Lipinski definition) is 2. The molecule has 0 saturated heterocycles. The van der Waals surface area contributed by atoms with Gasteiger partial charge in [0.05, 0.1) is 12.6 Å². The van der Waals surface area contributed by atoms with E-state index >= 15 is 0 Å². The summed E-state index contributed by atoms with van der Waals surface area (Å²) in [6.45, 7) is 0.662. The minimum Gasteiger partial charge on any atom is -0.302 e. The summed E-state index contributed by atoms with van der Waals surface area (Å²) in [5, 5.41) is 0. The van der Waals surface area contributed by atoms with E-state index in [1.54, 1.807) is 0 Å². The van der Waals surface area contributed by atoms with Gasteiger partial charge in [-0.1, -0.05) is 36.4 Å². The molecule has 0 spiro atoms. The van der Waals surface area contributed by atoms with Gasteiger partial charge >= 0.3 is 0 Å². The van der Waals surface area contributed by atoms with Gasteiger partial charge in [-0.2, -0.15) is 0 Å². The summed E-state index contributed by atoms with van der Waals surface area (Å²) in [4.78, 5) is 12.8. The number of nitrogens with zero attached hydrogens (tertiary/aromatic N) is 1. The Hall–Kier alpha value is -2.33. The number of benzene rings is 2. The summed E-state index contributed by atoms with van der Waals surface area (Å²) in [6.07, 6.45) is 2.73. The van der Waals surface area contributed by atoms with Gasteiger partial charge in [0.25, 0.3) is 0 Å². The van der Waals surface area contributed by atoms with Crippen molar-refractivity contribution in [3.63, 3.8) is 0 Å². The summed E-state index contributed by atoms with van der Waals surface area (Å²) in [5.74, 6) is -0.921. The molecule has 0 unspecified atom stereocenters. The molecule has 22 heavy (non-hydrogen) atoms. The van der Waals surface area contributed by atoms with Gasteiger partial charge in [-0.15, -0.1) is 0 Å². The molecule has 0 saturated carbocycles. The molecule has 4 heteroatoms. The third kappa shape index (κ3) is 2.83. The molecule has 3 rings (SSSR count). The molecule has 2 aromatic carbocycles. The summed E-state index contributed by atoms with van der Waals surface area (Å²) in [6, 6.07) is 13.0. The first-order valence-corrected chi connectivity index (χ1v) is 7.08. The van der Waals surface area contributed by atoms with Crippen molar-refractivity contribution >= 4 is 11.9 Å². The average Bonchev–Trinajstić information content (AvgIpc) is 2.95. The molecule has 0 aliphatic carbocycles. The maximum absolute atomic E-state index is 14.0. The van der Waals surface area contributed by atoms with Crippen LogP contribution in [-0.4, -0.2) is 24.3 Å². The zero-order valence-electron chi connectivity index (χ0n) is 11.9. The van der Waals surface area contributed by atoms with Gasteiger partial charge in [-0.05, 0) is 29.3 Å². The maximum atomic E-state index is 14.0. The fraction of sp³-hybridized carbons (Fsp3) is 0.167. The zero-order chi connectivity index (χ0) is 15.5. The van der Waals surface area contributed by atoms with Crippen molar-refractivity contribution in [2.24, 2.45) is 0 Å². The number of rotatable bonds is 4. The first kappa shape index (κ1) is 14.6. The molecular formula is C18H15F2NO. The maximum Gasteiger partial charge on any atom is 0.134 e. The van der Waals surface area contributed by atoms with E-state index in [4.69, 9.17) is 0 Å². The highest BCUT2D eigenvalue weighted by Gasteiger charge is 2.27. The number of carbonyl (C=O) groups is 1. The second-order valence-corrected chi connectivity index (χ2v) is 5.27. The quantitative estimate of drug-likeness (QED) is 0.804. The van der Waals surface area contributed by atoms with E-state index in [-0.39, 0.29) is 18.2 Å². The largest absolute Gasteiger partial charge is 0.302 e. The topological polar surface area (TPSA) is 20.3 Å². The van der Waals surface area contributed by atoms with Crippen LogP contribution in [0.5, 0.6) is 0 Å². The van der Waals surface area contributed by atoms with Gasteiger partial charge in [0, 0.05) is 12.1 Å². The summed E-state index contributed by atoms with van der Waals surface area (Å²) < 4.78 is 27.4. The first-order chi connectivity index (χ1) is 10.7. The van der Waals surface area contributed by atoms with E-state index < -0.39 is 11.6 Å². The molecule has 0 radical (unpaired) electrons. The van der Waals surface area contributed by atoms with Crippen LogP contribution in [-0.2, 0) is 4.79 Å². The molecule has 0 bridgehead atoms. The highest BCUT2D eigenvalue weighted by atomic mass is 19.1. The van der Waals surface area contributed by atoms with Crippen LogP contribution in [0.4, 0.5) is 8.78 Å². The van der Waals surface area contributed by atoms with Crippen molar-refractivity contribution in [2.75, 3.05) is 13.1 Å². The van der Waals surface area contributed by atoms with Crippen LogP contribution in [0.1, 0.15) is 17.2 Å². The molecule has 1 atom stereocenters. The lowest BCUT2D eigenvalue weighted by atomic mass is 10.0. The molecular weight excluding hydrogens is 284 g/mol. The van der Waals surface area contributed by atoms with Crippen LogP contribution < -0.4 is 0 Å². The van der Waals surface area contributed by atoms with Crippen LogP contribution in [0.15, 0.2) is 54.6 Å². The molecule has 0 amide bonds. The second kappa shape index (κ2) is 6.20. The van der Waals surface area contributed by atoms with Crippen molar-refractivity contribution in [1.29, 1.82) is 0 Å². The molecule has 0 fully saturated rings. The lowest BCUT2D eigenvalue weighted by Gasteiger charge is -2.22. The predicted molar refractivity (Wildman–Crippen MR) is 81.2 cm³/mol. The lowest BCUT2D eigenvalue weighted by Crippen LogP contribution is -2.26. The van der Waals surface area contributed by atoms with Gasteiger partial charge < -0.3 is 4.79 Å². The summed E-state index contributed by atoms with van der Waals surface area (Å²) in [7, 11) is 0. The molecule has 0 aromatic heterocycles. The SMILES string of the molecule is O=CCN1CC(c2cc(F)ccc2F)=C[C@H]1c1ccccc1. The summed E-state index contributed by atoms with van der Waals surface area (Å²) in [5.41, 5.74) is 1.98. The molecule has 2 aromatic rings. The highest BCUT2D eigenvalue weighted by molar-refractivity contribution is 5.71. The number of aldehydes is 1. The van der Waals surface area contributed by atoms with E-state index in [0.717, 1.165) is 24.0 Å². The predicted octanol–water partition coefficient (Wildman–Crippen LogP) is 3.60. The van der Waals surface area contributed by atoms with E-state index in [9.17, 15) is 13.6 Å². The van der Waals surface area contributed by atoms with Crippen molar-refractivity contribution in [3.8, 4) is 0 Å². The minimum absolute atomic E-state index is 0.107. The highest BCUT2D eigenvalue weighted by Crippen LogP contribution is 2.35. The van der Waals surface area contributed by atoms with Gasteiger partial charge in [0.2, 0.25) is 0 Å². The smallest absolute Gasteiger partial charge is 0.134 e. The lowest BCUT2D eigenvalue weighted by molar-refractivity contribution is -0.108. The summed E-state index contributed by atoms with van der Waals surface area (Å²) >= 11 is 0. The molecule has 1 aliphatic heterocycles. The third-order valence-electron chi connectivity index (χ3n) is 3.85. The van der Waals surface area contributed by atoms with Gasteiger partial charge in [-0.3, -0.25) is 4.90 Å². The van der Waals surface area contributed by atoms with Crippen LogP contribution >= 0.6 is 0 Å². The normalized spacial score (nSPS) is 18.3. The standard InChI is InChI=1S/C18H15F2NO/c19-15-6-7-17(20)16(11-15)14-10-18(21(12-14)8-9-22)13-4-2-1-3-5-13/h1-7,9-11,18H,8,12H2/t18-/m0/s1. The minimum atomic E-state index is -0.470. The Morgan fingerprint density at radius 3 is 2.64 bits per heavy atom. The molecule has 112 valence electrons.